The lowest BCUT2D eigenvalue weighted by Crippen LogP contribution is -2.30. The summed E-state index contributed by atoms with van der Waals surface area (Å²) in [6.45, 7) is 5.05. The van der Waals surface area contributed by atoms with Crippen LogP contribution in [-0.2, 0) is 9.59 Å². The van der Waals surface area contributed by atoms with E-state index < -0.39 is 0 Å². The van der Waals surface area contributed by atoms with Crippen LogP contribution in [-0.4, -0.2) is 36.3 Å². The van der Waals surface area contributed by atoms with E-state index in [9.17, 15) is 9.59 Å². The smallest absolute Gasteiger partial charge is 0.253 e. The van der Waals surface area contributed by atoms with Crippen LogP contribution in [0.25, 0.3) is 0 Å². The second kappa shape index (κ2) is 14.2. The summed E-state index contributed by atoms with van der Waals surface area (Å²) in [5.41, 5.74) is 0. The van der Waals surface area contributed by atoms with Crippen molar-refractivity contribution in [1.29, 1.82) is 0 Å². The van der Waals surface area contributed by atoms with E-state index in [-0.39, 0.29) is 11.8 Å². The minimum atomic E-state index is -0.160. The van der Waals surface area contributed by atoms with Crippen molar-refractivity contribution in [3.63, 3.8) is 0 Å². The zero-order valence-corrected chi connectivity index (χ0v) is 15.5. The Kier molecular flexibility index (Phi) is 12.4. The summed E-state index contributed by atoms with van der Waals surface area (Å²) in [6.07, 6.45) is 18.0. The van der Waals surface area contributed by atoms with Crippen LogP contribution in [0.3, 0.4) is 0 Å². The first-order valence-electron chi connectivity index (χ1n) is 10.00. The second-order valence-corrected chi connectivity index (χ2v) is 6.80. The van der Waals surface area contributed by atoms with Gasteiger partial charge in [0.1, 0.15) is 0 Å². The Balaban J connectivity index is 1.75. The summed E-state index contributed by atoms with van der Waals surface area (Å²) in [5, 5.41) is 3.51. The van der Waals surface area contributed by atoms with Gasteiger partial charge in [-0.1, -0.05) is 64.7 Å². The molecule has 1 N–H and O–H groups in total. The third-order valence-electron chi connectivity index (χ3n) is 4.59. The van der Waals surface area contributed by atoms with Crippen molar-refractivity contribution in [2.75, 3.05) is 19.6 Å². The fourth-order valence-electron chi connectivity index (χ4n) is 3.03. The Morgan fingerprint density at radius 1 is 0.708 bits per heavy atom. The fourth-order valence-corrected chi connectivity index (χ4v) is 3.03. The van der Waals surface area contributed by atoms with Crippen LogP contribution in [0.5, 0.6) is 0 Å². The molecule has 0 aromatic heterocycles. The highest BCUT2D eigenvalue weighted by Gasteiger charge is 2.21. The van der Waals surface area contributed by atoms with Crippen molar-refractivity contribution in [3.05, 3.63) is 12.2 Å². The molecular formula is C20H36N2O2. The van der Waals surface area contributed by atoms with Gasteiger partial charge < -0.3 is 5.32 Å². The van der Waals surface area contributed by atoms with Gasteiger partial charge in [-0.05, 0) is 32.4 Å². The molecule has 0 bridgehead atoms. The lowest BCUT2D eigenvalue weighted by atomic mass is 10.1. The minimum Gasteiger partial charge on any atom is -0.317 e. The normalized spacial score (nSPS) is 14.1. The second-order valence-electron chi connectivity index (χ2n) is 6.80. The maximum Gasteiger partial charge on any atom is 0.253 e. The number of imide groups is 1. The summed E-state index contributed by atoms with van der Waals surface area (Å²) < 4.78 is 0. The predicted octanol–water partition coefficient (Wildman–Crippen LogP) is 4.20. The zero-order valence-electron chi connectivity index (χ0n) is 15.5. The highest BCUT2D eigenvalue weighted by Crippen LogP contribution is 2.09. The van der Waals surface area contributed by atoms with Gasteiger partial charge in [-0.2, -0.15) is 0 Å². The van der Waals surface area contributed by atoms with Gasteiger partial charge in [0.05, 0.1) is 0 Å². The monoisotopic (exact) mass is 336 g/mol. The molecule has 4 heteroatoms. The van der Waals surface area contributed by atoms with Crippen LogP contribution in [0.15, 0.2) is 12.2 Å². The molecule has 4 nitrogen and oxygen atoms in total. The van der Waals surface area contributed by atoms with Crippen LogP contribution in [0.1, 0.15) is 84.0 Å². The molecule has 0 aliphatic carbocycles. The topological polar surface area (TPSA) is 49.4 Å². The van der Waals surface area contributed by atoms with Gasteiger partial charge in [-0.25, -0.2) is 0 Å². The van der Waals surface area contributed by atoms with E-state index in [1.165, 1.54) is 74.8 Å². The van der Waals surface area contributed by atoms with E-state index in [1.807, 2.05) is 0 Å². The summed E-state index contributed by atoms with van der Waals surface area (Å²) >= 11 is 0. The number of carbonyl (C=O) groups excluding carboxylic acids is 2. The molecule has 1 aliphatic heterocycles. The van der Waals surface area contributed by atoms with Gasteiger partial charge in [-0.15, -0.1) is 0 Å². The minimum absolute atomic E-state index is 0.160. The number of hydrogen-bond donors (Lipinski definition) is 1. The standard InChI is InChI=1S/C20H36N2O2/c1-2-3-4-5-6-7-8-11-16-21-17-12-9-10-13-18-22-19(23)14-15-20(22)24/h14-15,21H,2-13,16-18H2,1H3. The van der Waals surface area contributed by atoms with Crippen molar-refractivity contribution in [2.24, 2.45) is 0 Å². The fraction of sp³-hybridized carbons (Fsp3) is 0.800. The average Bonchev–Trinajstić information content (AvgIpc) is 2.90. The van der Waals surface area contributed by atoms with Crippen LogP contribution in [0.4, 0.5) is 0 Å². The van der Waals surface area contributed by atoms with Crippen LogP contribution < -0.4 is 5.32 Å². The first kappa shape index (κ1) is 20.9. The van der Waals surface area contributed by atoms with E-state index in [4.69, 9.17) is 0 Å². The van der Waals surface area contributed by atoms with Crippen molar-refractivity contribution >= 4 is 11.8 Å². The molecule has 1 heterocycles. The highest BCUT2D eigenvalue weighted by molar-refractivity contribution is 6.12. The van der Waals surface area contributed by atoms with E-state index in [0.717, 1.165) is 32.4 Å². The van der Waals surface area contributed by atoms with E-state index in [0.29, 0.717) is 6.54 Å². The molecule has 1 aliphatic rings. The molecule has 0 atom stereocenters. The van der Waals surface area contributed by atoms with Crippen LogP contribution in [0, 0.1) is 0 Å². The highest BCUT2D eigenvalue weighted by atomic mass is 16.2. The molecule has 1 rings (SSSR count). The van der Waals surface area contributed by atoms with Crippen molar-refractivity contribution in [3.8, 4) is 0 Å². The Morgan fingerprint density at radius 2 is 1.17 bits per heavy atom. The number of unbranched alkanes of at least 4 members (excludes halogenated alkanes) is 10. The first-order chi connectivity index (χ1) is 11.8. The Morgan fingerprint density at radius 3 is 1.71 bits per heavy atom. The Hall–Kier alpha value is -1.16. The van der Waals surface area contributed by atoms with Gasteiger partial charge in [0.2, 0.25) is 0 Å². The largest absolute Gasteiger partial charge is 0.317 e. The average molecular weight is 337 g/mol. The molecule has 0 aromatic rings. The molecule has 138 valence electrons. The third kappa shape index (κ3) is 9.86. The lowest BCUT2D eigenvalue weighted by molar-refractivity contribution is -0.136. The molecule has 0 aromatic carbocycles. The van der Waals surface area contributed by atoms with E-state index >= 15 is 0 Å². The summed E-state index contributed by atoms with van der Waals surface area (Å²) in [5.74, 6) is -0.320. The number of carbonyl (C=O) groups is 2. The first-order valence-corrected chi connectivity index (χ1v) is 10.00. The van der Waals surface area contributed by atoms with Crippen molar-refractivity contribution in [1.82, 2.24) is 10.2 Å². The maximum atomic E-state index is 11.4. The van der Waals surface area contributed by atoms with Gasteiger partial charge in [0.15, 0.2) is 0 Å². The third-order valence-corrected chi connectivity index (χ3v) is 4.59. The quantitative estimate of drug-likeness (QED) is 0.339. The number of amides is 2. The number of nitrogens with one attached hydrogen (secondary N) is 1. The molecule has 24 heavy (non-hydrogen) atoms. The van der Waals surface area contributed by atoms with Crippen LogP contribution >= 0.6 is 0 Å². The van der Waals surface area contributed by atoms with Gasteiger partial charge >= 0.3 is 0 Å². The number of nitrogens with zero attached hydrogens (tertiary/aromatic N) is 1. The SMILES string of the molecule is CCCCCCCCCCNCCCCCCN1C(=O)C=CC1=O. The van der Waals surface area contributed by atoms with E-state index in [1.54, 1.807) is 0 Å². The Labute approximate surface area is 148 Å². The molecule has 0 radical (unpaired) electrons. The van der Waals surface area contributed by atoms with Crippen molar-refractivity contribution in [2.45, 2.75) is 84.0 Å². The molecular weight excluding hydrogens is 300 g/mol. The molecule has 0 unspecified atom stereocenters. The zero-order chi connectivity index (χ0) is 17.5. The molecule has 0 saturated carbocycles. The molecule has 0 spiro atoms. The molecule has 0 fully saturated rings. The number of hydrogen-bond acceptors (Lipinski definition) is 3. The summed E-state index contributed by atoms with van der Waals surface area (Å²) in [7, 11) is 0. The molecule has 2 amide bonds. The van der Waals surface area contributed by atoms with E-state index in [2.05, 4.69) is 12.2 Å². The maximum absolute atomic E-state index is 11.4. The van der Waals surface area contributed by atoms with Gasteiger partial charge in [0, 0.05) is 18.7 Å². The van der Waals surface area contributed by atoms with Gasteiger partial charge in [-0.3, -0.25) is 14.5 Å². The molecule has 0 saturated heterocycles. The summed E-state index contributed by atoms with van der Waals surface area (Å²) in [6, 6.07) is 0. The summed E-state index contributed by atoms with van der Waals surface area (Å²) in [4.78, 5) is 24.1. The lowest BCUT2D eigenvalue weighted by Gasteiger charge is -2.13. The number of rotatable bonds is 16. The van der Waals surface area contributed by atoms with Crippen molar-refractivity contribution < 1.29 is 9.59 Å². The van der Waals surface area contributed by atoms with Crippen LogP contribution in [0.2, 0.25) is 0 Å². The Bertz CT molecular complexity index is 362. The predicted molar refractivity (Wildman–Crippen MR) is 99.8 cm³/mol. The van der Waals surface area contributed by atoms with Gasteiger partial charge in [0.25, 0.3) is 11.8 Å².